The average Bonchev–Trinajstić information content (AvgIpc) is 3.47. The van der Waals surface area contributed by atoms with Crippen LogP contribution in [0.25, 0.3) is 5.65 Å². The lowest BCUT2D eigenvalue weighted by Crippen LogP contribution is -2.49. The van der Waals surface area contributed by atoms with Crippen LogP contribution >= 0.6 is 0 Å². The Balaban J connectivity index is 1.32. The molecule has 2 aromatic heterocycles. The van der Waals surface area contributed by atoms with E-state index in [1.807, 2.05) is 11.0 Å². The van der Waals surface area contributed by atoms with E-state index < -0.39 is 0 Å². The van der Waals surface area contributed by atoms with Crippen LogP contribution in [0.2, 0.25) is 0 Å². The molecule has 2 aliphatic rings. The number of nitrogens with zero attached hydrogens (tertiary/aromatic N) is 6. The molecule has 3 aromatic rings. The number of piperazine rings is 1. The highest BCUT2D eigenvalue weighted by Gasteiger charge is 2.30. The van der Waals surface area contributed by atoms with Crippen molar-refractivity contribution in [3.63, 3.8) is 0 Å². The Hall–Kier alpha value is -3.03. The third kappa shape index (κ3) is 2.90. The van der Waals surface area contributed by atoms with Gasteiger partial charge in [0.25, 0.3) is 5.91 Å². The van der Waals surface area contributed by atoms with Gasteiger partial charge in [-0.2, -0.15) is 9.61 Å². The second kappa shape index (κ2) is 6.29. The first-order valence-corrected chi connectivity index (χ1v) is 9.22. The van der Waals surface area contributed by atoms with E-state index in [0.29, 0.717) is 49.1 Å². The molecule has 3 heterocycles. The minimum absolute atomic E-state index is 0.111. The SMILES string of the molecule is O=C(c1ccc2nnc(C3CC3)n2n1)N1CCN(c2ccccc2F)CC1. The Bertz CT molecular complexity index is 1010. The van der Waals surface area contributed by atoms with E-state index in [1.54, 1.807) is 33.7 Å². The van der Waals surface area contributed by atoms with E-state index in [4.69, 9.17) is 0 Å². The lowest BCUT2D eigenvalue weighted by atomic mass is 10.2. The van der Waals surface area contributed by atoms with E-state index in [9.17, 15) is 9.18 Å². The molecule has 0 radical (unpaired) electrons. The highest BCUT2D eigenvalue weighted by Crippen LogP contribution is 2.38. The number of carbonyl (C=O) groups is 1. The Kier molecular flexibility index (Phi) is 3.77. The summed E-state index contributed by atoms with van der Waals surface area (Å²) in [4.78, 5) is 16.6. The number of aromatic nitrogens is 4. The van der Waals surface area contributed by atoms with Gasteiger partial charge in [-0.25, -0.2) is 4.39 Å². The predicted molar refractivity (Wildman–Crippen MR) is 97.3 cm³/mol. The highest BCUT2D eigenvalue weighted by molar-refractivity contribution is 5.92. The van der Waals surface area contributed by atoms with Crippen LogP contribution < -0.4 is 4.90 Å². The monoisotopic (exact) mass is 366 g/mol. The number of amides is 1. The molecule has 0 bridgehead atoms. The number of rotatable bonds is 3. The van der Waals surface area contributed by atoms with Crippen LogP contribution in [0.4, 0.5) is 10.1 Å². The summed E-state index contributed by atoms with van der Waals surface area (Å²) < 4.78 is 15.7. The smallest absolute Gasteiger partial charge is 0.274 e. The van der Waals surface area contributed by atoms with Gasteiger partial charge in [0.15, 0.2) is 11.5 Å². The second-order valence-electron chi connectivity index (χ2n) is 7.05. The Labute approximate surface area is 155 Å². The van der Waals surface area contributed by atoms with Crippen LogP contribution in [0, 0.1) is 5.82 Å². The summed E-state index contributed by atoms with van der Waals surface area (Å²) in [6.45, 7) is 2.25. The fourth-order valence-electron chi connectivity index (χ4n) is 3.54. The van der Waals surface area contributed by atoms with Crippen molar-refractivity contribution in [3.8, 4) is 0 Å². The van der Waals surface area contributed by atoms with Gasteiger partial charge < -0.3 is 9.80 Å². The van der Waals surface area contributed by atoms with Crippen molar-refractivity contribution in [2.24, 2.45) is 0 Å². The van der Waals surface area contributed by atoms with Crippen LogP contribution in [0.15, 0.2) is 36.4 Å². The van der Waals surface area contributed by atoms with Crippen molar-refractivity contribution in [1.29, 1.82) is 0 Å². The molecule has 2 fully saturated rings. The first-order valence-electron chi connectivity index (χ1n) is 9.22. The molecule has 1 aromatic carbocycles. The van der Waals surface area contributed by atoms with Crippen molar-refractivity contribution in [2.75, 3.05) is 31.1 Å². The Morgan fingerprint density at radius 2 is 1.78 bits per heavy atom. The molecule has 7 nitrogen and oxygen atoms in total. The summed E-state index contributed by atoms with van der Waals surface area (Å²) in [6.07, 6.45) is 2.19. The number of fused-ring (bicyclic) bond motifs is 1. The average molecular weight is 366 g/mol. The minimum atomic E-state index is -0.232. The van der Waals surface area contributed by atoms with Gasteiger partial charge in [0.1, 0.15) is 11.5 Å². The summed E-state index contributed by atoms with van der Waals surface area (Å²) in [6, 6.07) is 10.2. The zero-order valence-electron chi connectivity index (χ0n) is 14.8. The first kappa shape index (κ1) is 16.2. The van der Waals surface area contributed by atoms with Crippen LogP contribution in [-0.4, -0.2) is 56.8 Å². The highest BCUT2D eigenvalue weighted by atomic mass is 19.1. The fourth-order valence-corrected chi connectivity index (χ4v) is 3.54. The quantitative estimate of drug-likeness (QED) is 0.710. The summed E-state index contributed by atoms with van der Waals surface area (Å²) in [7, 11) is 0. The normalized spacial score (nSPS) is 17.5. The van der Waals surface area contributed by atoms with Crippen LogP contribution in [0.1, 0.15) is 35.1 Å². The molecule has 1 saturated heterocycles. The number of halogens is 1. The topological polar surface area (TPSA) is 66.6 Å². The molecule has 1 aliphatic heterocycles. The number of hydrogen-bond acceptors (Lipinski definition) is 5. The lowest BCUT2D eigenvalue weighted by molar-refractivity contribution is 0.0739. The van der Waals surface area contributed by atoms with Crippen molar-refractivity contribution in [3.05, 3.63) is 53.7 Å². The van der Waals surface area contributed by atoms with E-state index in [-0.39, 0.29) is 11.7 Å². The second-order valence-corrected chi connectivity index (χ2v) is 7.05. The van der Waals surface area contributed by atoms with Gasteiger partial charge in [-0.3, -0.25) is 4.79 Å². The maximum absolute atomic E-state index is 14.0. The third-order valence-corrected chi connectivity index (χ3v) is 5.21. The summed E-state index contributed by atoms with van der Waals surface area (Å²) in [5.41, 5.74) is 1.64. The predicted octanol–water partition coefficient (Wildman–Crippen LogP) is 2.10. The van der Waals surface area contributed by atoms with Crippen molar-refractivity contribution >= 4 is 17.2 Å². The van der Waals surface area contributed by atoms with Gasteiger partial charge in [-0.05, 0) is 37.1 Å². The summed E-state index contributed by atoms with van der Waals surface area (Å²) in [5.74, 6) is 0.899. The van der Waals surface area contributed by atoms with Crippen LogP contribution in [0.3, 0.4) is 0 Å². The van der Waals surface area contributed by atoms with Crippen molar-refractivity contribution in [1.82, 2.24) is 24.7 Å². The van der Waals surface area contributed by atoms with Gasteiger partial charge >= 0.3 is 0 Å². The number of anilines is 1. The molecule has 1 saturated carbocycles. The zero-order chi connectivity index (χ0) is 18.4. The van der Waals surface area contributed by atoms with Crippen molar-refractivity contribution in [2.45, 2.75) is 18.8 Å². The molecule has 5 rings (SSSR count). The molecule has 0 N–H and O–H groups in total. The van der Waals surface area contributed by atoms with Crippen LogP contribution in [0.5, 0.6) is 0 Å². The number of para-hydroxylation sites is 1. The van der Waals surface area contributed by atoms with Gasteiger partial charge in [-0.1, -0.05) is 12.1 Å². The largest absolute Gasteiger partial charge is 0.366 e. The maximum Gasteiger partial charge on any atom is 0.274 e. The number of benzene rings is 1. The molecule has 27 heavy (non-hydrogen) atoms. The molecule has 0 spiro atoms. The van der Waals surface area contributed by atoms with E-state index in [2.05, 4.69) is 15.3 Å². The molecule has 0 atom stereocenters. The van der Waals surface area contributed by atoms with Gasteiger partial charge in [0.05, 0.1) is 5.69 Å². The van der Waals surface area contributed by atoms with Gasteiger partial charge in [0, 0.05) is 32.1 Å². The molecular formula is C19H19FN6O. The lowest BCUT2D eigenvalue weighted by Gasteiger charge is -2.36. The minimum Gasteiger partial charge on any atom is -0.366 e. The van der Waals surface area contributed by atoms with Crippen LogP contribution in [-0.2, 0) is 0 Å². The Morgan fingerprint density at radius 1 is 1.00 bits per heavy atom. The number of carbonyl (C=O) groups excluding carboxylic acids is 1. The standard InChI is InChI=1S/C19H19FN6O/c20-14-3-1-2-4-16(14)24-9-11-25(12-10-24)19(27)15-7-8-17-21-22-18(13-5-6-13)26(17)23-15/h1-4,7-8,13H,5-6,9-12H2. The van der Waals surface area contributed by atoms with Gasteiger partial charge in [0.2, 0.25) is 0 Å². The van der Waals surface area contributed by atoms with E-state index in [0.717, 1.165) is 18.7 Å². The van der Waals surface area contributed by atoms with Gasteiger partial charge in [-0.15, -0.1) is 10.2 Å². The van der Waals surface area contributed by atoms with E-state index in [1.165, 1.54) is 6.07 Å². The molecule has 1 amide bonds. The number of hydrogen-bond donors (Lipinski definition) is 0. The van der Waals surface area contributed by atoms with Crippen molar-refractivity contribution < 1.29 is 9.18 Å². The molecule has 138 valence electrons. The summed E-state index contributed by atoms with van der Waals surface area (Å²) in [5, 5.41) is 12.8. The molecule has 8 heteroatoms. The zero-order valence-corrected chi connectivity index (χ0v) is 14.8. The summed E-state index contributed by atoms with van der Waals surface area (Å²) >= 11 is 0. The molecular weight excluding hydrogens is 347 g/mol. The van der Waals surface area contributed by atoms with E-state index >= 15 is 0 Å². The third-order valence-electron chi connectivity index (χ3n) is 5.21. The fraction of sp³-hybridized carbons (Fsp3) is 0.368. The maximum atomic E-state index is 14.0. The molecule has 0 unspecified atom stereocenters. The first-order chi connectivity index (χ1) is 13.2. The molecule has 1 aliphatic carbocycles. The Morgan fingerprint density at radius 3 is 2.52 bits per heavy atom.